The van der Waals surface area contributed by atoms with E-state index in [0.29, 0.717) is 17.5 Å². The number of hydrogen-bond acceptors (Lipinski definition) is 3. The monoisotopic (exact) mass is 791 g/mol. The van der Waals surface area contributed by atoms with Crippen LogP contribution in [0.1, 0.15) is 0 Å². The van der Waals surface area contributed by atoms with Crippen molar-refractivity contribution in [1.82, 2.24) is 24.1 Å². The van der Waals surface area contributed by atoms with Gasteiger partial charge in [0.1, 0.15) is 0 Å². The summed E-state index contributed by atoms with van der Waals surface area (Å²) in [7, 11) is 0. The van der Waals surface area contributed by atoms with Gasteiger partial charge in [-0.15, -0.1) is 0 Å². The highest BCUT2D eigenvalue weighted by atomic mass is 15.0. The fourth-order valence-corrected chi connectivity index (χ4v) is 9.16. The molecule has 0 saturated carbocycles. The first-order valence-electron chi connectivity index (χ1n) is 21.0. The Morgan fingerprint density at radius 3 is 1.21 bits per heavy atom. The van der Waals surface area contributed by atoms with Gasteiger partial charge < -0.3 is 9.13 Å². The Kier molecular flexibility index (Phi) is 8.42. The molecule has 0 aliphatic rings. The molecule has 62 heavy (non-hydrogen) atoms. The summed E-state index contributed by atoms with van der Waals surface area (Å²) in [5.41, 5.74) is 14.2. The van der Waals surface area contributed by atoms with Crippen LogP contribution in [0.3, 0.4) is 0 Å². The van der Waals surface area contributed by atoms with E-state index in [1.165, 1.54) is 43.7 Å². The number of para-hydroxylation sites is 5. The van der Waals surface area contributed by atoms with Crippen LogP contribution in [0.5, 0.6) is 0 Å². The van der Waals surface area contributed by atoms with E-state index in [1.807, 2.05) is 24.3 Å². The van der Waals surface area contributed by atoms with Crippen molar-refractivity contribution in [1.29, 1.82) is 0 Å². The molecule has 0 unspecified atom stereocenters. The summed E-state index contributed by atoms with van der Waals surface area (Å²) < 4.78 is 4.84. The first-order chi connectivity index (χ1) is 30.8. The molecule has 0 aliphatic heterocycles. The van der Waals surface area contributed by atoms with Gasteiger partial charge in [0, 0.05) is 60.7 Å². The second-order valence-electron chi connectivity index (χ2n) is 15.6. The van der Waals surface area contributed by atoms with Gasteiger partial charge in [-0.05, 0) is 47.5 Å². The molecule has 5 nitrogen and oxygen atoms in total. The maximum Gasteiger partial charge on any atom is 0.164 e. The third-order valence-corrected chi connectivity index (χ3v) is 12.0. The molecule has 0 fully saturated rings. The molecule has 0 saturated heterocycles. The molecule has 3 heterocycles. The molecule has 0 bridgehead atoms. The van der Waals surface area contributed by atoms with Gasteiger partial charge in [-0.1, -0.05) is 188 Å². The summed E-state index contributed by atoms with van der Waals surface area (Å²) >= 11 is 0. The van der Waals surface area contributed by atoms with Crippen molar-refractivity contribution in [3.8, 4) is 67.8 Å². The topological polar surface area (TPSA) is 48.5 Å². The van der Waals surface area contributed by atoms with Crippen LogP contribution in [-0.4, -0.2) is 24.1 Å². The highest BCUT2D eigenvalue weighted by molar-refractivity contribution is 6.19. The van der Waals surface area contributed by atoms with Gasteiger partial charge in [-0.3, -0.25) is 0 Å². The number of nitrogens with zero attached hydrogens (tertiary/aromatic N) is 5. The Balaban J connectivity index is 1.07. The summed E-state index contributed by atoms with van der Waals surface area (Å²) in [6.45, 7) is 0. The Bertz CT molecular complexity index is 3610. The summed E-state index contributed by atoms with van der Waals surface area (Å²) in [4.78, 5) is 15.4. The minimum Gasteiger partial charge on any atom is -0.309 e. The van der Waals surface area contributed by atoms with Crippen LogP contribution in [0.2, 0.25) is 0 Å². The molecule has 290 valence electrons. The van der Waals surface area contributed by atoms with Crippen LogP contribution in [0.15, 0.2) is 224 Å². The van der Waals surface area contributed by atoms with Crippen molar-refractivity contribution in [2.45, 2.75) is 0 Å². The molecular formula is C57H37N5. The SMILES string of the molecule is c1ccc(-c2ccc(-c3nc(-c4ccccc4)nc(-c4cccc(-n5c6ccccc6c6cccc(-c7cccc8c9ccccc9n(-c9ccccc9)c78)c65)c4)n3)cc2)cc1. The third-order valence-electron chi connectivity index (χ3n) is 12.0. The van der Waals surface area contributed by atoms with Crippen molar-refractivity contribution < 1.29 is 0 Å². The number of aromatic nitrogens is 5. The normalized spacial score (nSPS) is 11.5. The van der Waals surface area contributed by atoms with Gasteiger partial charge in [0.25, 0.3) is 0 Å². The van der Waals surface area contributed by atoms with Gasteiger partial charge in [0.15, 0.2) is 17.5 Å². The molecule has 0 N–H and O–H groups in total. The largest absolute Gasteiger partial charge is 0.309 e. The van der Waals surface area contributed by atoms with E-state index in [1.54, 1.807) is 0 Å². The minimum absolute atomic E-state index is 0.612. The standard InChI is InChI=1S/C57H37N5/c1-4-17-38(18-5-1)39-33-35-41(36-34-39)56-58-55(40-19-6-2-7-20-40)59-57(60-56)42-21-14-24-44(37-42)62-52-32-13-11-26-46(52)48-28-16-30-50(54(48)62)49-29-15-27-47-45-25-10-12-31-51(45)61(53(47)49)43-22-8-3-9-23-43/h1-37H. The van der Waals surface area contributed by atoms with Crippen molar-refractivity contribution in [2.75, 3.05) is 0 Å². The Morgan fingerprint density at radius 2 is 0.629 bits per heavy atom. The lowest BCUT2D eigenvalue weighted by atomic mass is 9.99. The number of fused-ring (bicyclic) bond motifs is 6. The predicted molar refractivity (Wildman–Crippen MR) is 256 cm³/mol. The van der Waals surface area contributed by atoms with E-state index in [-0.39, 0.29) is 0 Å². The summed E-state index contributed by atoms with van der Waals surface area (Å²) in [6.07, 6.45) is 0. The van der Waals surface area contributed by atoms with Crippen molar-refractivity contribution in [3.63, 3.8) is 0 Å². The second kappa shape index (κ2) is 14.7. The van der Waals surface area contributed by atoms with E-state index >= 15 is 0 Å². The molecule has 0 spiro atoms. The quantitative estimate of drug-likeness (QED) is 0.162. The van der Waals surface area contributed by atoms with Crippen LogP contribution in [0, 0.1) is 0 Å². The van der Waals surface area contributed by atoms with Gasteiger partial charge in [0.2, 0.25) is 0 Å². The van der Waals surface area contributed by atoms with Crippen LogP contribution in [0.4, 0.5) is 0 Å². The van der Waals surface area contributed by atoms with Crippen LogP contribution in [-0.2, 0) is 0 Å². The lowest BCUT2D eigenvalue weighted by molar-refractivity contribution is 1.07. The maximum atomic E-state index is 5.17. The predicted octanol–water partition coefficient (Wildman–Crippen LogP) is 14.4. The average Bonchev–Trinajstić information content (AvgIpc) is 3.88. The minimum atomic E-state index is 0.612. The smallest absolute Gasteiger partial charge is 0.164 e. The van der Waals surface area contributed by atoms with Gasteiger partial charge in [0.05, 0.1) is 22.1 Å². The third kappa shape index (κ3) is 5.90. The highest BCUT2D eigenvalue weighted by Gasteiger charge is 2.22. The van der Waals surface area contributed by atoms with Gasteiger partial charge >= 0.3 is 0 Å². The summed E-state index contributed by atoms with van der Waals surface area (Å²) in [5, 5.41) is 4.83. The highest BCUT2D eigenvalue weighted by Crippen LogP contribution is 2.43. The number of benzene rings is 9. The zero-order chi connectivity index (χ0) is 41.0. The molecule has 5 heteroatoms. The fourth-order valence-electron chi connectivity index (χ4n) is 9.16. The second-order valence-corrected chi connectivity index (χ2v) is 15.6. The van der Waals surface area contributed by atoms with Crippen molar-refractivity contribution >= 4 is 43.6 Å². The molecule has 12 rings (SSSR count). The van der Waals surface area contributed by atoms with Crippen LogP contribution < -0.4 is 0 Å². The van der Waals surface area contributed by atoms with Crippen LogP contribution >= 0.6 is 0 Å². The zero-order valence-electron chi connectivity index (χ0n) is 33.6. The average molecular weight is 792 g/mol. The summed E-state index contributed by atoms with van der Waals surface area (Å²) in [6, 6.07) is 79.3. The zero-order valence-corrected chi connectivity index (χ0v) is 33.6. The van der Waals surface area contributed by atoms with Crippen LogP contribution in [0.25, 0.3) is 111 Å². The Hall–Kier alpha value is -8.41. The van der Waals surface area contributed by atoms with E-state index in [0.717, 1.165) is 50.2 Å². The first-order valence-corrected chi connectivity index (χ1v) is 21.0. The molecule has 0 radical (unpaired) electrons. The van der Waals surface area contributed by atoms with Gasteiger partial charge in [-0.25, -0.2) is 15.0 Å². The van der Waals surface area contributed by atoms with Crippen molar-refractivity contribution in [3.05, 3.63) is 224 Å². The maximum absolute atomic E-state index is 5.17. The number of rotatable bonds is 7. The number of hydrogen-bond donors (Lipinski definition) is 0. The fraction of sp³-hybridized carbons (Fsp3) is 0. The molecular weight excluding hydrogens is 755 g/mol. The molecule has 0 atom stereocenters. The molecule has 0 amide bonds. The summed E-state index contributed by atoms with van der Waals surface area (Å²) in [5.74, 6) is 1.87. The molecule has 12 aromatic rings. The first kappa shape index (κ1) is 35.5. The molecule has 9 aromatic carbocycles. The van der Waals surface area contributed by atoms with E-state index < -0.39 is 0 Å². The van der Waals surface area contributed by atoms with E-state index in [9.17, 15) is 0 Å². The van der Waals surface area contributed by atoms with E-state index in [4.69, 9.17) is 15.0 Å². The van der Waals surface area contributed by atoms with Gasteiger partial charge in [-0.2, -0.15) is 0 Å². The molecule has 0 aliphatic carbocycles. The lowest BCUT2D eigenvalue weighted by Crippen LogP contribution is -2.01. The Labute approximate surface area is 358 Å². The van der Waals surface area contributed by atoms with Crippen molar-refractivity contribution in [2.24, 2.45) is 0 Å². The lowest BCUT2D eigenvalue weighted by Gasteiger charge is -2.15. The Morgan fingerprint density at radius 1 is 0.258 bits per heavy atom. The molecule has 3 aromatic heterocycles. The van der Waals surface area contributed by atoms with E-state index in [2.05, 4.69) is 209 Å².